The van der Waals surface area contributed by atoms with Crippen molar-refractivity contribution in [3.8, 4) is 6.07 Å². The Morgan fingerprint density at radius 1 is 1.41 bits per heavy atom. The maximum absolute atomic E-state index is 8.63. The number of aromatic nitrogens is 3. The molecule has 0 aliphatic heterocycles. The third-order valence-electron chi connectivity index (χ3n) is 2.21. The zero-order valence-electron chi connectivity index (χ0n) is 9.58. The molecule has 0 spiro atoms. The van der Waals surface area contributed by atoms with Crippen LogP contribution in [-0.4, -0.2) is 22.0 Å². The van der Waals surface area contributed by atoms with E-state index in [1.54, 1.807) is 17.5 Å². The zero-order chi connectivity index (χ0) is 12.3. The van der Waals surface area contributed by atoms with Gasteiger partial charge in [-0.1, -0.05) is 0 Å². The highest BCUT2D eigenvalue weighted by Crippen LogP contribution is 2.13. The molecular weight excluding hydrogens is 234 g/mol. The van der Waals surface area contributed by atoms with Gasteiger partial charge in [-0.15, -0.1) is 11.3 Å². The van der Waals surface area contributed by atoms with Gasteiger partial charge in [0.15, 0.2) is 5.69 Å². The lowest BCUT2D eigenvalue weighted by atomic mass is 10.4. The van der Waals surface area contributed by atoms with E-state index in [-0.39, 0.29) is 0 Å². The van der Waals surface area contributed by atoms with Crippen molar-refractivity contribution in [1.82, 2.24) is 15.0 Å². The molecule has 0 atom stereocenters. The van der Waals surface area contributed by atoms with Gasteiger partial charge in [0.05, 0.1) is 29.6 Å². The molecule has 86 valence electrons. The SMILES string of the molecule is Cc1nc(CN(C)c2cnc(C#N)cn2)cs1. The molecule has 2 rings (SSSR count). The maximum Gasteiger partial charge on any atom is 0.158 e. The summed E-state index contributed by atoms with van der Waals surface area (Å²) in [5.41, 5.74) is 1.34. The average Bonchev–Trinajstić information content (AvgIpc) is 2.75. The standard InChI is InChI=1S/C11H11N5S/c1-8-15-10(7-17-8)6-16(2)11-5-13-9(3-12)4-14-11/h4-5,7H,6H2,1-2H3. The van der Waals surface area contributed by atoms with Crippen LogP contribution in [0.25, 0.3) is 0 Å². The molecule has 0 fully saturated rings. The minimum Gasteiger partial charge on any atom is -0.352 e. The molecule has 2 aromatic rings. The minimum atomic E-state index is 0.326. The lowest BCUT2D eigenvalue weighted by molar-refractivity contribution is 0.863. The van der Waals surface area contributed by atoms with Crippen molar-refractivity contribution in [1.29, 1.82) is 5.26 Å². The first-order chi connectivity index (χ1) is 8.19. The first-order valence-electron chi connectivity index (χ1n) is 5.03. The second-order valence-corrected chi connectivity index (χ2v) is 4.65. The van der Waals surface area contributed by atoms with E-state index in [1.807, 2.05) is 30.3 Å². The van der Waals surface area contributed by atoms with Gasteiger partial charge in [-0.25, -0.2) is 15.0 Å². The normalized spacial score (nSPS) is 9.94. The summed E-state index contributed by atoms with van der Waals surface area (Å²) in [5, 5.41) is 11.7. The molecule has 0 aliphatic carbocycles. The number of nitrogens with zero attached hydrogens (tertiary/aromatic N) is 5. The topological polar surface area (TPSA) is 65.7 Å². The molecule has 0 N–H and O–H groups in total. The van der Waals surface area contributed by atoms with Crippen molar-refractivity contribution in [3.63, 3.8) is 0 Å². The molecular formula is C11H11N5S. The Kier molecular flexibility index (Phi) is 3.30. The second kappa shape index (κ2) is 4.89. The first kappa shape index (κ1) is 11.5. The summed E-state index contributed by atoms with van der Waals surface area (Å²) in [6.07, 6.45) is 3.07. The van der Waals surface area contributed by atoms with Gasteiger partial charge in [0.1, 0.15) is 11.9 Å². The first-order valence-corrected chi connectivity index (χ1v) is 5.91. The number of rotatable bonds is 3. The van der Waals surface area contributed by atoms with E-state index in [9.17, 15) is 0 Å². The molecule has 0 aromatic carbocycles. The molecule has 0 saturated heterocycles. The number of thiazole rings is 1. The van der Waals surface area contributed by atoms with E-state index >= 15 is 0 Å². The van der Waals surface area contributed by atoms with Gasteiger partial charge in [-0.2, -0.15) is 5.26 Å². The molecule has 5 nitrogen and oxygen atoms in total. The molecule has 6 heteroatoms. The van der Waals surface area contributed by atoms with Crippen molar-refractivity contribution >= 4 is 17.2 Å². The summed E-state index contributed by atoms with van der Waals surface area (Å²) in [5.74, 6) is 0.731. The summed E-state index contributed by atoms with van der Waals surface area (Å²) in [7, 11) is 1.92. The largest absolute Gasteiger partial charge is 0.352 e. The number of hydrogen-bond donors (Lipinski definition) is 0. The van der Waals surface area contributed by atoms with Crippen molar-refractivity contribution < 1.29 is 0 Å². The van der Waals surface area contributed by atoms with Crippen LogP contribution >= 0.6 is 11.3 Å². The Morgan fingerprint density at radius 2 is 2.24 bits per heavy atom. The Bertz CT molecular complexity index is 540. The van der Waals surface area contributed by atoms with Crippen LogP contribution in [0.5, 0.6) is 0 Å². The van der Waals surface area contributed by atoms with Gasteiger partial charge in [0.2, 0.25) is 0 Å². The number of aryl methyl sites for hydroxylation is 1. The molecule has 0 amide bonds. The summed E-state index contributed by atoms with van der Waals surface area (Å²) in [6.45, 7) is 2.67. The van der Waals surface area contributed by atoms with Crippen molar-refractivity contribution in [3.05, 3.63) is 34.2 Å². The van der Waals surface area contributed by atoms with Gasteiger partial charge in [0.25, 0.3) is 0 Å². The smallest absolute Gasteiger partial charge is 0.158 e. The highest BCUT2D eigenvalue weighted by atomic mass is 32.1. The van der Waals surface area contributed by atoms with E-state index in [0.29, 0.717) is 12.2 Å². The predicted molar refractivity (Wildman–Crippen MR) is 65.7 cm³/mol. The fraction of sp³-hybridized carbons (Fsp3) is 0.273. The van der Waals surface area contributed by atoms with Crippen LogP contribution in [0.4, 0.5) is 5.82 Å². The Balaban J connectivity index is 2.09. The Labute approximate surface area is 103 Å². The number of anilines is 1. The van der Waals surface area contributed by atoms with Crippen LogP contribution in [0.15, 0.2) is 17.8 Å². The van der Waals surface area contributed by atoms with Crippen LogP contribution in [-0.2, 0) is 6.54 Å². The average molecular weight is 245 g/mol. The van der Waals surface area contributed by atoms with E-state index in [1.165, 1.54) is 6.20 Å². The summed E-state index contributed by atoms with van der Waals surface area (Å²) in [4.78, 5) is 14.5. The summed E-state index contributed by atoms with van der Waals surface area (Å²) >= 11 is 1.63. The highest BCUT2D eigenvalue weighted by molar-refractivity contribution is 7.09. The van der Waals surface area contributed by atoms with Gasteiger partial charge in [-0.3, -0.25) is 0 Å². The third-order valence-corrected chi connectivity index (χ3v) is 3.03. The molecule has 17 heavy (non-hydrogen) atoms. The van der Waals surface area contributed by atoms with Crippen LogP contribution in [0, 0.1) is 18.3 Å². The fourth-order valence-electron chi connectivity index (χ4n) is 1.38. The fourth-order valence-corrected chi connectivity index (χ4v) is 1.98. The van der Waals surface area contributed by atoms with Crippen molar-refractivity contribution in [2.45, 2.75) is 13.5 Å². The van der Waals surface area contributed by atoms with Gasteiger partial charge in [0, 0.05) is 12.4 Å². The monoisotopic (exact) mass is 245 g/mol. The number of nitriles is 1. The third kappa shape index (κ3) is 2.77. The molecule has 0 bridgehead atoms. The Morgan fingerprint density at radius 3 is 2.76 bits per heavy atom. The molecule has 0 aliphatic rings. The maximum atomic E-state index is 8.63. The van der Waals surface area contributed by atoms with E-state index in [2.05, 4.69) is 15.0 Å². The molecule has 2 heterocycles. The lowest BCUT2D eigenvalue weighted by Gasteiger charge is -2.15. The molecule has 0 radical (unpaired) electrons. The van der Waals surface area contributed by atoms with Gasteiger partial charge in [-0.05, 0) is 6.92 Å². The van der Waals surface area contributed by atoms with Gasteiger partial charge >= 0.3 is 0 Å². The van der Waals surface area contributed by atoms with Crippen molar-refractivity contribution in [2.75, 3.05) is 11.9 Å². The quantitative estimate of drug-likeness (QED) is 0.824. The zero-order valence-corrected chi connectivity index (χ0v) is 10.4. The van der Waals surface area contributed by atoms with Crippen molar-refractivity contribution in [2.24, 2.45) is 0 Å². The van der Waals surface area contributed by atoms with Crippen LogP contribution in [0.3, 0.4) is 0 Å². The van der Waals surface area contributed by atoms with E-state index in [0.717, 1.165) is 16.5 Å². The van der Waals surface area contributed by atoms with Crippen LogP contribution in [0.1, 0.15) is 16.4 Å². The minimum absolute atomic E-state index is 0.326. The molecule has 2 aromatic heterocycles. The number of hydrogen-bond acceptors (Lipinski definition) is 6. The molecule has 0 unspecified atom stereocenters. The van der Waals surface area contributed by atoms with E-state index < -0.39 is 0 Å². The summed E-state index contributed by atoms with van der Waals surface area (Å²) < 4.78 is 0. The van der Waals surface area contributed by atoms with Crippen LogP contribution in [0.2, 0.25) is 0 Å². The second-order valence-electron chi connectivity index (χ2n) is 3.59. The van der Waals surface area contributed by atoms with Gasteiger partial charge < -0.3 is 4.90 Å². The van der Waals surface area contributed by atoms with Crippen LogP contribution < -0.4 is 4.90 Å². The molecule has 0 saturated carbocycles. The Hall–Kier alpha value is -2.00. The predicted octanol–water partition coefficient (Wildman–Crippen LogP) is 1.75. The van der Waals surface area contributed by atoms with E-state index in [4.69, 9.17) is 5.26 Å². The lowest BCUT2D eigenvalue weighted by Crippen LogP contribution is -2.18. The highest BCUT2D eigenvalue weighted by Gasteiger charge is 2.06. The summed E-state index contributed by atoms with van der Waals surface area (Å²) in [6, 6.07) is 1.94.